The Morgan fingerprint density at radius 1 is 1.31 bits per heavy atom. The van der Waals surface area contributed by atoms with Crippen LogP contribution in [0.15, 0.2) is 18.5 Å². The molecule has 0 radical (unpaired) electrons. The Bertz CT molecular complexity index is 746. The van der Waals surface area contributed by atoms with Crippen LogP contribution in [-0.2, 0) is 17.9 Å². The molecule has 3 amide bonds. The van der Waals surface area contributed by atoms with Crippen molar-refractivity contribution in [2.24, 2.45) is 5.73 Å². The molecule has 0 spiro atoms. The van der Waals surface area contributed by atoms with E-state index in [0.29, 0.717) is 19.6 Å². The van der Waals surface area contributed by atoms with Gasteiger partial charge in [-0.25, -0.2) is 4.79 Å². The number of hydrogen-bond acceptors (Lipinski definition) is 5. The van der Waals surface area contributed by atoms with Gasteiger partial charge < -0.3 is 20.5 Å². The third-order valence-corrected chi connectivity index (χ3v) is 4.66. The van der Waals surface area contributed by atoms with Crippen LogP contribution in [0.25, 0.3) is 0 Å². The number of nitrogens with one attached hydrogen (secondary N) is 1. The highest BCUT2D eigenvalue weighted by atomic mass is 16.2. The summed E-state index contributed by atoms with van der Waals surface area (Å²) in [5.41, 5.74) is 5.01. The van der Waals surface area contributed by atoms with Gasteiger partial charge in [0.1, 0.15) is 12.4 Å². The first-order valence-corrected chi connectivity index (χ1v) is 8.79. The topological polar surface area (TPSA) is 124 Å². The standard InChI is InChI=1S/C16H24N8O2/c1-2-24-13(11-23-7-3-6-19-23)20-21-15(24)12-4-8-22(9-5-12)14(25)10-18-16(17)26/h3,6-7,12H,2,4-5,8-11H2,1H3,(H3,17,18,26). The SMILES string of the molecule is CCn1c(Cn2cccn2)nnc1C1CCN(C(=O)CNC(N)=O)CC1. The molecule has 2 aromatic rings. The van der Waals surface area contributed by atoms with E-state index in [1.807, 2.05) is 16.9 Å². The molecule has 2 aromatic heterocycles. The Kier molecular flexibility index (Phi) is 5.49. The van der Waals surface area contributed by atoms with Crippen molar-refractivity contribution in [1.29, 1.82) is 0 Å². The van der Waals surface area contributed by atoms with Gasteiger partial charge in [0.25, 0.3) is 0 Å². The molecule has 0 atom stereocenters. The number of nitrogens with two attached hydrogens (primary N) is 1. The van der Waals surface area contributed by atoms with Crippen LogP contribution in [0.2, 0.25) is 0 Å². The number of carbonyl (C=O) groups is 2. The summed E-state index contributed by atoms with van der Waals surface area (Å²) >= 11 is 0. The third-order valence-electron chi connectivity index (χ3n) is 4.66. The van der Waals surface area contributed by atoms with Crippen molar-refractivity contribution in [3.05, 3.63) is 30.1 Å². The minimum atomic E-state index is -0.686. The number of hydrogen-bond donors (Lipinski definition) is 2. The van der Waals surface area contributed by atoms with Crippen LogP contribution in [0.1, 0.15) is 37.3 Å². The van der Waals surface area contributed by atoms with Crippen LogP contribution in [0.5, 0.6) is 0 Å². The molecule has 3 N–H and O–H groups in total. The third kappa shape index (κ3) is 4.01. The van der Waals surface area contributed by atoms with E-state index in [4.69, 9.17) is 5.73 Å². The number of urea groups is 1. The number of amides is 3. The highest BCUT2D eigenvalue weighted by molar-refractivity contribution is 5.83. The molecule has 3 rings (SSSR count). The quantitative estimate of drug-likeness (QED) is 0.745. The molecule has 10 nitrogen and oxygen atoms in total. The van der Waals surface area contributed by atoms with Crippen molar-refractivity contribution >= 4 is 11.9 Å². The minimum Gasteiger partial charge on any atom is -0.352 e. The molecular weight excluding hydrogens is 336 g/mol. The number of nitrogens with zero attached hydrogens (tertiary/aromatic N) is 6. The van der Waals surface area contributed by atoms with E-state index in [-0.39, 0.29) is 18.4 Å². The highest BCUT2D eigenvalue weighted by Crippen LogP contribution is 2.27. The maximum Gasteiger partial charge on any atom is 0.312 e. The smallest absolute Gasteiger partial charge is 0.312 e. The second-order valence-corrected chi connectivity index (χ2v) is 6.30. The fraction of sp³-hybridized carbons (Fsp3) is 0.562. The Morgan fingerprint density at radius 2 is 2.08 bits per heavy atom. The van der Waals surface area contributed by atoms with Crippen LogP contribution in [0.4, 0.5) is 4.79 Å². The Labute approximate surface area is 151 Å². The van der Waals surface area contributed by atoms with Crippen LogP contribution in [0, 0.1) is 0 Å². The maximum atomic E-state index is 12.1. The molecule has 0 saturated carbocycles. The molecule has 140 valence electrons. The van der Waals surface area contributed by atoms with Gasteiger partial charge in [0, 0.05) is 37.9 Å². The molecular formula is C16H24N8O2. The van der Waals surface area contributed by atoms with E-state index in [1.54, 1.807) is 11.1 Å². The average Bonchev–Trinajstić information content (AvgIpc) is 3.29. The molecule has 1 aliphatic rings. The number of likely N-dealkylation sites (tertiary alicyclic amines) is 1. The average molecular weight is 360 g/mol. The summed E-state index contributed by atoms with van der Waals surface area (Å²) in [6.07, 6.45) is 5.29. The van der Waals surface area contributed by atoms with Crippen molar-refractivity contribution in [2.75, 3.05) is 19.6 Å². The molecule has 0 aliphatic carbocycles. The van der Waals surface area contributed by atoms with Gasteiger partial charge in [0.05, 0.1) is 6.54 Å². The van der Waals surface area contributed by atoms with Gasteiger partial charge >= 0.3 is 6.03 Å². The molecule has 1 aliphatic heterocycles. The summed E-state index contributed by atoms with van der Waals surface area (Å²) in [5, 5.41) is 15.3. The monoisotopic (exact) mass is 360 g/mol. The lowest BCUT2D eigenvalue weighted by Crippen LogP contribution is -2.45. The van der Waals surface area contributed by atoms with E-state index >= 15 is 0 Å². The molecule has 0 unspecified atom stereocenters. The van der Waals surface area contributed by atoms with E-state index in [2.05, 4.69) is 32.1 Å². The van der Waals surface area contributed by atoms with Crippen LogP contribution in [-0.4, -0.2) is 61.0 Å². The lowest BCUT2D eigenvalue weighted by molar-refractivity contribution is -0.131. The largest absolute Gasteiger partial charge is 0.352 e. The van der Waals surface area contributed by atoms with E-state index in [1.165, 1.54) is 0 Å². The van der Waals surface area contributed by atoms with Gasteiger partial charge in [-0.3, -0.25) is 9.48 Å². The van der Waals surface area contributed by atoms with Gasteiger partial charge in [-0.2, -0.15) is 5.10 Å². The zero-order valence-corrected chi connectivity index (χ0v) is 14.8. The van der Waals surface area contributed by atoms with Gasteiger partial charge in [-0.05, 0) is 25.8 Å². The van der Waals surface area contributed by atoms with Gasteiger partial charge in [0.15, 0.2) is 5.82 Å². The van der Waals surface area contributed by atoms with E-state index < -0.39 is 6.03 Å². The molecule has 10 heteroatoms. The number of carbonyl (C=O) groups excluding carboxylic acids is 2. The summed E-state index contributed by atoms with van der Waals surface area (Å²) < 4.78 is 3.96. The fourth-order valence-corrected chi connectivity index (χ4v) is 3.31. The molecule has 1 fully saturated rings. The summed E-state index contributed by atoms with van der Waals surface area (Å²) in [5.74, 6) is 2.01. The second kappa shape index (κ2) is 7.98. The normalized spacial score (nSPS) is 15.2. The lowest BCUT2D eigenvalue weighted by atomic mass is 9.95. The first-order valence-electron chi connectivity index (χ1n) is 8.79. The Hall–Kier alpha value is -2.91. The van der Waals surface area contributed by atoms with Gasteiger partial charge in [0.2, 0.25) is 5.91 Å². The number of aromatic nitrogens is 5. The molecule has 3 heterocycles. The predicted octanol–water partition coefficient (Wildman–Crippen LogP) is -0.0829. The van der Waals surface area contributed by atoms with Crippen LogP contribution >= 0.6 is 0 Å². The predicted molar refractivity (Wildman–Crippen MR) is 93.2 cm³/mol. The highest BCUT2D eigenvalue weighted by Gasteiger charge is 2.27. The zero-order chi connectivity index (χ0) is 18.5. The van der Waals surface area contributed by atoms with Crippen molar-refractivity contribution in [3.8, 4) is 0 Å². The molecule has 0 aromatic carbocycles. The maximum absolute atomic E-state index is 12.1. The summed E-state index contributed by atoms with van der Waals surface area (Å²) in [6.45, 7) is 4.67. The van der Waals surface area contributed by atoms with Crippen molar-refractivity contribution in [2.45, 2.75) is 38.8 Å². The van der Waals surface area contributed by atoms with Crippen molar-refractivity contribution in [3.63, 3.8) is 0 Å². The molecule has 1 saturated heterocycles. The number of piperidine rings is 1. The minimum absolute atomic E-state index is 0.0564. The van der Waals surface area contributed by atoms with Gasteiger partial charge in [-0.1, -0.05) is 0 Å². The summed E-state index contributed by atoms with van der Waals surface area (Å²) in [6, 6.07) is 1.20. The number of rotatable bonds is 6. The first-order chi connectivity index (χ1) is 12.6. The van der Waals surface area contributed by atoms with Crippen LogP contribution in [0.3, 0.4) is 0 Å². The summed E-state index contributed by atoms with van der Waals surface area (Å²) in [7, 11) is 0. The fourth-order valence-electron chi connectivity index (χ4n) is 3.31. The molecule has 26 heavy (non-hydrogen) atoms. The number of primary amides is 1. The van der Waals surface area contributed by atoms with E-state index in [9.17, 15) is 9.59 Å². The zero-order valence-electron chi connectivity index (χ0n) is 14.8. The van der Waals surface area contributed by atoms with Crippen LogP contribution < -0.4 is 11.1 Å². The Morgan fingerprint density at radius 3 is 2.69 bits per heavy atom. The molecule has 0 bridgehead atoms. The Balaban J connectivity index is 1.61. The first kappa shape index (κ1) is 17.9. The summed E-state index contributed by atoms with van der Waals surface area (Å²) in [4.78, 5) is 24.5. The lowest BCUT2D eigenvalue weighted by Gasteiger charge is -2.31. The van der Waals surface area contributed by atoms with Crippen molar-refractivity contribution < 1.29 is 9.59 Å². The van der Waals surface area contributed by atoms with E-state index in [0.717, 1.165) is 31.0 Å². The van der Waals surface area contributed by atoms with Crippen molar-refractivity contribution in [1.82, 2.24) is 34.8 Å². The van der Waals surface area contributed by atoms with Gasteiger partial charge in [-0.15, -0.1) is 10.2 Å². The second-order valence-electron chi connectivity index (χ2n) is 6.30.